The van der Waals surface area contributed by atoms with Gasteiger partial charge in [0.05, 0.1) is 22.8 Å². The molecule has 0 aliphatic carbocycles. The number of amidine groups is 1. The van der Waals surface area contributed by atoms with Crippen molar-refractivity contribution in [3.8, 4) is 11.5 Å². The first kappa shape index (κ1) is 19.5. The van der Waals surface area contributed by atoms with Gasteiger partial charge in [-0.2, -0.15) is 0 Å². The first-order valence-electron chi connectivity index (χ1n) is 8.44. The molecular formula is C20H18N2O5S. The molecule has 1 saturated heterocycles. The Hall–Kier alpha value is -3.26. The van der Waals surface area contributed by atoms with E-state index in [4.69, 9.17) is 9.84 Å². The summed E-state index contributed by atoms with van der Waals surface area (Å²) in [6.07, 6.45) is 1.71. The van der Waals surface area contributed by atoms with Crippen molar-refractivity contribution in [2.45, 2.75) is 6.92 Å². The van der Waals surface area contributed by atoms with E-state index in [0.29, 0.717) is 28.1 Å². The van der Waals surface area contributed by atoms with Crippen molar-refractivity contribution in [2.75, 3.05) is 13.7 Å². The van der Waals surface area contributed by atoms with Crippen LogP contribution in [0.5, 0.6) is 11.5 Å². The molecule has 2 N–H and O–H groups in total. The molecule has 0 aromatic heterocycles. The SMILES string of the molecule is CCOc1cc(/C=C2\S/C(=N/c3ccc(C(=O)O)cc3)N(C)C2=O)ccc1O. The molecule has 7 nitrogen and oxygen atoms in total. The number of ether oxygens (including phenoxy) is 1. The van der Waals surface area contributed by atoms with Gasteiger partial charge in [0.15, 0.2) is 16.7 Å². The second-order valence-corrected chi connectivity index (χ2v) is 6.89. The predicted octanol–water partition coefficient (Wildman–Crippen LogP) is 3.72. The van der Waals surface area contributed by atoms with Gasteiger partial charge in [0.25, 0.3) is 5.91 Å². The van der Waals surface area contributed by atoms with Crippen LogP contribution in [0.2, 0.25) is 0 Å². The van der Waals surface area contributed by atoms with E-state index in [1.807, 2.05) is 6.92 Å². The normalized spacial score (nSPS) is 16.8. The molecule has 0 radical (unpaired) electrons. The molecule has 1 heterocycles. The minimum absolute atomic E-state index is 0.0404. The fourth-order valence-electron chi connectivity index (χ4n) is 2.48. The fraction of sp³-hybridized carbons (Fsp3) is 0.150. The number of likely N-dealkylation sites (N-methyl/N-ethyl adjacent to an activating group) is 1. The van der Waals surface area contributed by atoms with Gasteiger partial charge < -0.3 is 14.9 Å². The second kappa shape index (κ2) is 8.18. The van der Waals surface area contributed by atoms with Crippen LogP contribution in [0.4, 0.5) is 5.69 Å². The Morgan fingerprint density at radius 2 is 1.96 bits per heavy atom. The predicted molar refractivity (Wildman–Crippen MR) is 108 cm³/mol. The lowest BCUT2D eigenvalue weighted by Gasteiger charge is -2.07. The number of aliphatic imine (C=N–C) groups is 1. The molecule has 8 heteroatoms. The van der Waals surface area contributed by atoms with Crippen LogP contribution < -0.4 is 4.74 Å². The summed E-state index contributed by atoms with van der Waals surface area (Å²) in [7, 11) is 1.63. The molecule has 28 heavy (non-hydrogen) atoms. The maximum Gasteiger partial charge on any atom is 0.335 e. The molecule has 0 atom stereocenters. The average molecular weight is 398 g/mol. The third-order valence-corrected chi connectivity index (χ3v) is 4.98. The Morgan fingerprint density at radius 1 is 1.25 bits per heavy atom. The Morgan fingerprint density at radius 3 is 2.61 bits per heavy atom. The number of carbonyl (C=O) groups is 2. The van der Waals surface area contributed by atoms with Crippen LogP contribution in [0, 0.1) is 0 Å². The number of aromatic carboxylic acids is 1. The highest BCUT2D eigenvalue weighted by Gasteiger charge is 2.30. The Kier molecular flexibility index (Phi) is 5.70. The monoisotopic (exact) mass is 398 g/mol. The lowest BCUT2D eigenvalue weighted by atomic mass is 10.2. The minimum atomic E-state index is -1.01. The quantitative estimate of drug-likeness (QED) is 0.745. The van der Waals surface area contributed by atoms with Gasteiger partial charge in [-0.1, -0.05) is 6.07 Å². The van der Waals surface area contributed by atoms with Crippen LogP contribution in [-0.4, -0.2) is 45.8 Å². The van der Waals surface area contributed by atoms with Crippen molar-refractivity contribution in [2.24, 2.45) is 4.99 Å². The van der Waals surface area contributed by atoms with Crippen LogP contribution in [0.3, 0.4) is 0 Å². The highest BCUT2D eigenvalue weighted by Crippen LogP contribution is 2.34. The van der Waals surface area contributed by atoms with Gasteiger partial charge in [0.1, 0.15) is 0 Å². The molecule has 0 saturated carbocycles. The fourth-order valence-corrected chi connectivity index (χ4v) is 3.47. The maximum absolute atomic E-state index is 12.5. The maximum atomic E-state index is 12.5. The summed E-state index contributed by atoms with van der Waals surface area (Å²) < 4.78 is 5.37. The number of nitrogens with zero attached hydrogens (tertiary/aromatic N) is 2. The van der Waals surface area contributed by atoms with Gasteiger partial charge >= 0.3 is 5.97 Å². The summed E-state index contributed by atoms with van der Waals surface area (Å²) in [6.45, 7) is 2.24. The Labute approximate surface area is 166 Å². The molecule has 1 aliphatic heterocycles. The summed E-state index contributed by atoms with van der Waals surface area (Å²) >= 11 is 1.22. The van der Waals surface area contributed by atoms with Gasteiger partial charge in [0, 0.05) is 7.05 Å². The van der Waals surface area contributed by atoms with E-state index >= 15 is 0 Å². The van der Waals surface area contributed by atoms with Crippen molar-refractivity contribution in [3.63, 3.8) is 0 Å². The molecule has 2 aromatic carbocycles. The summed E-state index contributed by atoms with van der Waals surface area (Å²) in [5.74, 6) is -0.809. The molecule has 0 unspecified atom stereocenters. The topological polar surface area (TPSA) is 99.4 Å². The van der Waals surface area contributed by atoms with Crippen LogP contribution in [0.15, 0.2) is 52.4 Å². The zero-order valence-electron chi connectivity index (χ0n) is 15.2. The van der Waals surface area contributed by atoms with Gasteiger partial charge in [-0.3, -0.25) is 9.69 Å². The number of phenolic OH excluding ortho intramolecular Hbond substituents is 1. The standard InChI is InChI=1S/C20H18N2O5S/c1-3-27-16-10-12(4-9-15(16)23)11-17-18(24)22(2)20(28-17)21-14-7-5-13(6-8-14)19(25)26/h4-11,23H,3H2,1-2H3,(H,25,26)/b17-11-,21-20+. The number of thioether (sulfide) groups is 1. The summed E-state index contributed by atoms with van der Waals surface area (Å²) in [5.41, 5.74) is 1.44. The molecule has 1 amide bonds. The first-order valence-corrected chi connectivity index (χ1v) is 9.26. The highest BCUT2D eigenvalue weighted by molar-refractivity contribution is 8.18. The van der Waals surface area contributed by atoms with Crippen LogP contribution in [-0.2, 0) is 4.79 Å². The van der Waals surface area contributed by atoms with Gasteiger partial charge in [-0.15, -0.1) is 0 Å². The van der Waals surface area contributed by atoms with Gasteiger partial charge in [-0.25, -0.2) is 9.79 Å². The van der Waals surface area contributed by atoms with E-state index < -0.39 is 5.97 Å². The molecule has 1 fully saturated rings. The number of carbonyl (C=O) groups excluding carboxylic acids is 1. The molecule has 3 rings (SSSR count). The minimum Gasteiger partial charge on any atom is -0.504 e. The van der Waals surface area contributed by atoms with Crippen molar-refractivity contribution in [1.29, 1.82) is 0 Å². The lowest BCUT2D eigenvalue weighted by Crippen LogP contribution is -2.23. The van der Waals surface area contributed by atoms with Crippen molar-refractivity contribution in [3.05, 3.63) is 58.5 Å². The molecule has 2 aromatic rings. The van der Waals surface area contributed by atoms with E-state index in [2.05, 4.69) is 4.99 Å². The largest absolute Gasteiger partial charge is 0.504 e. The molecule has 0 spiro atoms. The van der Waals surface area contributed by atoms with Crippen LogP contribution in [0.1, 0.15) is 22.8 Å². The summed E-state index contributed by atoms with van der Waals surface area (Å²) in [4.78, 5) is 29.8. The van der Waals surface area contributed by atoms with Crippen LogP contribution in [0.25, 0.3) is 6.08 Å². The molecule has 144 valence electrons. The number of hydrogen-bond donors (Lipinski definition) is 2. The summed E-state index contributed by atoms with van der Waals surface area (Å²) in [5, 5.41) is 19.2. The average Bonchev–Trinajstić information content (AvgIpc) is 2.93. The molecule has 0 bridgehead atoms. The number of amides is 1. The van der Waals surface area contributed by atoms with Gasteiger partial charge in [-0.05, 0) is 66.7 Å². The number of rotatable bonds is 5. The Bertz CT molecular complexity index is 983. The van der Waals surface area contributed by atoms with E-state index in [1.54, 1.807) is 37.4 Å². The number of hydrogen-bond acceptors (Lipinski definition) is 6. The third kappa shape index (κ3) is 4.17. The zero-order valence-corrected chi connectivity index (χ0v) is 16.1. The van der Waals surface area contributed by atoms with Gasteiger partial charge in [0.2, 0.25) is 0 Å². The third-order valence-electron chi connectivity index (χ3n) is 3.92. The molecular weight excluding hydrogens is 380 g/mol. The number of benzene rings is 2. The van der Waals surface area contributed by atoms with Crippen molar-refractivity contribution >= 4 is 40.6 Å². The molecule has 1 aliphatic rings. The highest BCUT2D eigenvalue weighted by atomic mass is 32.2. The van der Waals surface area contributed by atoms with E-state index in [-0.39, 0.29) is 17.2 Å². The summed E-state index contributed by atoms with van der Waals surface area (Å²) in [6, 6.07) is 11.0. The first-order chi connectivity index (χ1) is 13.4. The Balaban J connectivity index is 1.85. The number of aromatic hydroxyl groups is 1. The number of phenols is 1. The number of carboxylic acids is 1. The van der Waals surface area contributed by atoms with E-state index in [0.717, 1.165) is 5.56 Å². The second-order valence-electron chi connectivity index (χ2n) is 5.88. The van der Waals surface area contributed by atoms with E-state index in [1.165, 1.54) is 34.9 Å². The zero-order chi connectivity index (χ0) is 20.3. The van der Waals surface area contributed by atoms with E-state index in [9.17, 15) is 14.7 Å². The lowest BCUT2D eigenvalue weighted by molar-refractivity contribution is -0.121. The smallest absolute Gasteiger partial charge is 0.335 e. The van der Waals surface area contributed by atoms with Crippen molar-refractivity contribution < 1.29 is 24.5 Å². The van der Waals surface area contributed by atoms with Crippen molar-refractivity contribution in [1.82, 2.24) is 4.90 Å². The van der Waals surface area contributed by atoms with Crippen LogP contribution >= 0.6 is 11.8 Å². The number of carboxylic acid groups (broad SMARTS) is 1.